The highest BCUT2D eigenvalue weighted by Gasteiger charge is 2.29. The van der Waals surface area contributed by atoms with E-state index in [1.807, 2.05) is 6.92 Å². The van der Waals surface area contributed by atoms with E-state index in [9.17, 15) is 13.2 Å². The average molecular weight is 401 g/mol. The third-order valence-electron chi connectivity index (χ3n) is 3.18. The monoisotopic (exact) mass is 400 g/mol. The van der Waals surface area contributed by atoms with Gasteiger partial charge in [-0.1, -0.05) is 52.1 Å². The van der Waals surface area contributed by atoms with Crippen LogP contribution in [0.2, 0.25) is 10.0 Å². The van der Waals surface area contributed by atoms with Crippen LogP contribution in [0.15, 0.2) is 52.5 Å². The molecular formula is C16H14Cl2N2O4S. The van der Waals surface area contributed by atoms with Crippen molar-refractivity contribution in [2.45, 2.75) is 11.8 Å². The van der Waals surface area contributed by atoms with Gasteiger partial charge >= 0.3 is 6.09 Å². The lowest BCUT2D eigenvalue weighted by Crippen LogP contribution is -2.22. The third-order valence-corrected chi connectivity index (χ3v) is 5.49. The Hall–Kier alpha value is -2.09. The Morgan fingerprint density at radius 1 is 1.08 bits per heavy atom. The van der Waals surface area contributed by atoms with Crippen molar-refractivity contribution in [3.05, 3.63) is 63.6 Å². The predicted molar refractivity (Wildman–Crippen MR) is 96.9 cm³/mol. The van der Waals surface area contributed by atoms with Crippen LogP contribution in [0.3, 0.4) is 0 Å². The summed E-state index contributed by atoms with van der Waals surface area (Å²) < 4.78 is 26.0. The average Bonchev–Trinajstić information content (AvgIpc) is 2.57. The largest absolute Gasteiger partial charge is 0.433 e. The number of amides is 1. The lowest BCUT2D eigenvalue weighted by Gasteiger charge is -2.11. The predicted octanol–water partition coefficient (Wildman–Crippen LogP) is 3.79. The summed E-state index contributed by atoms with van der Waals surface area (Å²) in [6.07, 6.45) is -0.931. The molecule has 0 fully saturated rings. The van der Waals surface area contributed by atoms with E-state index >= 15 is 0 Å². The highest BCUT2D eigenvalue weighted by Crippen LogP contribution is 2.29. The zero-order valence-corrected chi connectivity index (χ0v) is 15.6. The molecule has 0 unspecified atom stereocenters. The van der Waals surface area contributed by atoms with Gasteiger partial charge in [-0.15, -0.1) is 0 Å². The molecule has 0 aliphatic carbocycles. The van der Waals surface area contributed by atoms with E-state index in [-0.39, 0.29) is 20.5 Å². The molecule has 25 heavy (non-hydrogen) atoms. The first-order chi connectivity index (χ1) is 11.8. The molecule has 132 valence electrons. The molecule has 0 bridgehead atoms. The Labute approximate surface area is 155 Å². The molecule has 2 aromatic rings. The molecule has 6 nitrogen and oxygen atoms in total. The summed E-state index contributed by atoms with van der Waals surface area (Å²) in [5.41, 5.74) is 0.838. The number of hydrogen-bond donors (Lipinski definition) is 1. The van der Waals surface area contributed by atoms with Crippen LogP contribution < -0.4 is 5.32 Å². The van der Waals surface area contributed by atoms with Gasteiger partial charge in [0.05, 0.1) is 20.5 Å². The number of aryl methyl sites for hydroxylation is 1. The molecule has 0 atom stereocenters. The van der Waals surface area contributed by atoms with Gasteiger partial charge in [-0.3, -0.25) is 4.84 Å². The molecule has 2 aromatic carbocycles. The molecule has 0 aromatic heterocycles. The maximum atomic E-state index is 13.0. The second kappa shape index (κ2) is 7.86. The van der Waals surface area contributed by atoms with Crippen LogP contribution in [0, 0.1) is 6.92 Å². The van der Waals surface area contributed by atoms with E-state index < -0.39 is 21.0 Å². The number of oxime groups is 1. The Morgan fingerprint density at radius 2 is 1.64 bits per heavy atom. The summed E-state index contributed by atoms with van der Waals surface area (Å²) in [6, 6.07) is 10.6. The fraction of sp³-hybridized carbons (Fsp3) is 0.125. The molecule has 0 heterocycles. The number of halogens is 2. The van der Waals surface area contributed by atoms with E-state index in [1.54, 1.807) is 18.2 Å². The van der Waals surface area contributed by atoms with Crippen molar-refractivity contribution in [1.82, 2.24) is 5.32 Å². The second-order valence-corrected chi connectivity index (χ2v) is 7.62. The van der Waals surface area contributed by atoms with Gasteiger partial charge in [0.25, 0.3) is 0 Å². The molecule has 2 rings (SSSR count). The van der Waals surface area contributed by atoms with Gasteiger partial charge < -0.3 is 5.32 Å². The van der Waals surface area contributed by atoms with Gasteiger partial charge in [0.15, 0.2) is 0 Å². The van der Waals surface area contributed by atoms with Gasteiger partial charge in [-0.25, -0.2) is 13.2 Å². The Bertz CT molecular complexity index is 905. The first-order valence-corrected chi connectivity index (χ1v) is 9.24. The summed E-state index contributed by atoms with van der Waals surface area (Å²) in [5, 5.41) is 5.23. The first-order valence-electron chi connectivity index (χ1n) is 7.00. The van der Waals surface area contributed by atoms with Crippen LogP contribution in [0.5, 0.6) is 0 Å². The van der Waals surface area contributed by atoms with E-state index in [1.165, 1.54) is 31.3 Å². The topological polar surface area (TPSA) is 84.8 Å². The number of carbonyl (C=O) groups is 1. The van der Waals surface area contributed by atoms with Crippen molar-refractivity contribution in [3.8, 4) is 0 Å². The number of rotatable bonds is 3. The van der Waals surface area contributed by atoms with Gasteiger partial charge in [-0.2, -0.15) is 0 Å². The lowest BCUT2D eigenvalue weighted by atomic mass is 10.2. The van der Waals surface area contributed by atoms with E-state index in [4.69, 9.17) is 23.2 Å². The third kappa shape index (κ3) is 4.31. The number of hydrogen-bond acceptors (Lipinski definition) is 5. The summed E-state index contributed by atoms with van der Waals surface area (Å²) >= 11 is 12.2. The molecule has 0 aliphatic heterocycles. The molecule has 9 heteroatoms. The minimum Gasteiger partial charge on any atom is -0.323 e. The summed E-state index contributed by atoms with van der Waals surface area (Å²) in [6.45, 7) is 1.82. The van der Waals surface area contributed by atoms with E-state index in [0.717, 1.165) is 5.56 Å². The number of benzene rings is 2. The van der Waals surface area contributed by atoms with Gasteiger partial charge in [0.2, 0.25) is 14.9 Å². The molecule has 1 N–H and O–H groups in total. The van der Waals surface area contributed by atoms with Crippen molar-refractivity contribution in [2.24, 2.45) is 5.16 Å². The zero-order chi connectivity index (χ0) is 18.6. The molecule has 0 aliphatic rings. The highest BCUT2D eigenvalue weighted by atomic mass is 35.5. The van der Waals surface area contributed by atoms with Gasteiger partial charge in [0, 0.05) is 7.05 Å². The maximum Gasteiger partial charge on any atom is 0.433 e. The van der Waals surface area contributed by atoms with Gasteiger partial charge in [0.1, 0.15) is 0 Å². The second-order valence-electron chi connectivity index (χ2n) is 4.94. The van der Waals surface area contributed by atoms with Crippen molar-refractivity contribution in [3.63, 3.8) is 0 Å². The van der Waals surface area contributed by atoms with E-state index in [0.29, 0.717) is 0 Å². The fourth-order valence-corrected chi connectivity index (χ4v) is 3.92. The number of nitrogens with zero attached hydrogens (tertiary/aromatic N) is 1. The zero-order valence-electron chi connectivity index (χ0n) is 13.3. The molecular weight excluding hydrogens is 387 g/mol. The summed E-state index contributed by atoms with van der Waals surface area (Å²) in [4.78, 5) is 15.9. The van der Waals surface area contributed by atoms with E-state index in [2.05, 4.69) is 15.3 Å². The fourth-order valence-electron chi connectivity index (χ4n) is 1.89. The smallest absolute Gasteiger partial charge is 0.323 e. The number of nitrogens with one attached hydrogen (secondary N) is 1. The van der Waals surface area contributed by atoms with Crippen molar-refractivity contribution in [2.75, 3.05) is 7.05 Å². The molecule has 0 spiro atoms. The standard InChI is InChI=1S/C16H14Cl2N2O4S/c1-10-6-8-11(9-7-10)25(22,23)15(20-24-16(21)19-2)14-12(17)4-3-5-13(14)18/h3-9H,1-2H3,(H,19,21). The molecule has 0 saturated heterocycles. The quantitative estimate of drug-likeness (QED) is 0.367. The molecule has 0 radical (unpaired) electrons. The number of carbonyl (C=O) groups excluding carboxylic acids is 1. The van der Waals surface area contributed by atoms with Gasteiger partial charge in [-0.05, 0) is 31.2 Å². The number of sulfone groups is 1. The molecule has 1 amide bonds. The van der Waals surface area contributed by atoms with Crippen molar-refractivity contribution in [1.29, 1.82) is 0 Å². The minimum atomic E-state index is -4.14. The normalized spacial score (nSPS) is 11.9. The summed E-state index contributed by atoms with van der Waals surface area (Å²) in [7, 11) is -2.83. The van der Waals surface area contributed by atoms with Crippen LogP contribution in [0.25, 0.3) is 0 Å². The van der Waals surface area contributed by atoms with Crippen molar-refractivity contribution < 1.29 is 18.0 Å². The SMILES string of the molecule is CNC(=O)ON=C(c1c(Cl)cccc1Cl)S(=O)(=O)c1ccc(C)cc1. The summed E-state index contributed by atoms with van der Waals surface area (Å²) in [5.74, 6) is 0. The van der Waals surface area contributed by atoms with Crippen LogP contribution in [0.4, 0.5) is 4.79 Å². The van der Waals surface area contributed by atoms with Crippen LogP contribution >= 0.6 is 23.2 Å². The maximum absolute atomic E-state index is 13.0. The first kappa shape index (κ1) is 19.2. The minimum absolute atomic E-state index is 0.0339. The van der Waals surface area contributed by atoms with Crippen molar-refractivity contribution >= 4 is 44.2 Å². The lowest BCUT2D eigenvalue weighted by molar-refractivity contribution is 0.153. The van der Waals surface area contributed by atoms with Crippen LogP contribution in [-0.4, -0.2) is 26.6 Å². The Balaban J connectivity index is 2.67. The Morgan fingerprint density at radius 3 is 2.16 bits per heavy atom. The molecule has 0 saturated carbocycles. The highest BCUT2D eigenvalue weighted by molar-refractivity contribution is 8.07. The van der Waals surface area contributed by atoms with Crippen LogP contribution in [-0.2, 0) is 14.7 Å². The Kier molecular flexibility index (Phi) is 6.05. The van der Waals surface area contributed by atoms with Crippen LogP contribution in [0.1, 0.15) is 11.1 Å².